The Hall–Kier alpha value is -2.77. The summed E-state index contributed by atoms with van der Waals surface area (Å²) in [5, 5.41) is 8.33. The van der Waals surface area contributed by atoms with Crippen molar-refractivity contribution in [2.75, 3.05) is 13.1 Å². The van der Waals surface area contributed by atoms with Gasteiger partial charge >= 0.3 is 0 Å². The van der Waals surface area contributed by atoms with E-state index in [1.165, 1.54) is 16.8 Å². The molecule has 1 aliphatic rings. The standard InChI is InChI=1S/C22H22ClFN4O2/c23-20-12-18(24)7-6-17(20)13-28-14-21(25-26-28)22(29)27-10-8-19(9-11-27)30-15-16-4-2-1-3-5-16/h1-7,12,14,19H,8-11,13,15H2. The van der Waals surface area contributed by atoms with Crippen molar-refractivity contribution in [1.82, 2.24) is 19.9 Å². The number of carbonyl (C=O) groups excluding carboxylic acids is 1. The van der Waals surface area contributed by atoms with Gasteiger partial charge in [0, 0.05) is 18.1 Å². The molecular weight excluding hydrogens is 407 g/mol. The maximum absolute atomic E-state index is 13.2. The number of carbonyl (C=O) groups is 1. The minimum Gasteiger partial charge on any atom is -0.373 e. The Bertz CT molecular complexity index is 1000. The van der Waals surface area contributed by atoms with Crippen molar-refractivity contribution >= 4 is 17.5 Å². The molecule has 156 valence electrons. The Morgan fingerprint density at radius 3 is 2.67 bits per heavy atom. The molecule has 0 N–H and O–H groups in total. The minimum atomic E-state index is -0.394. The topological polar surface area (TPSA) is 60.2 Å². The van der Waals surface area contributed by atoms with E-state index in [1.54, 1.807) is 17.2 Å². The molecule has 2 heterocycles. The molecule has 4 rings (SSSR count). The van der Waals surface area contributed by atoms with Crippen molar-refractivity contribution in [3.05, 3.63) is 82.4 Å². The van der Waals surface area contributed by atoms with E-state index < -0.39 is 5.82 Å². The number of ether oxygens (including phenoxy) is 1. The Balaban J connectivity index is 1.29. The second kappa shape index (κ2) is 9.36. The number of hydrogen-bond donors (Lipinski definition) is 0. The number of benzene rings is 2. The lowest BCUT2D eigenvalue weighted by atomic mass is 10.1. The first-order valence-corrected chi connectivity index (χ1v) is 10.2. The molecule has 8 heteroatoms. The fourth-order valence-electron chi connectivity index (χ4n) is 3.47. The van der Waals surface area contributed by atoms with Gasteiger partial charge in [-0.1, -0.05) is 53.2 Å². The molecule has 30 heavy (non-hydrogen) atoms. The number of amides is 1. The van der Waals surface area contributed by atoms with E-state index in [-0.39, 0.29) is 17.7 Å². The van der Waals surface area contributed by atoms with Gasteiger partial charge in [-0.05, 0) is 36.1 Å². The summed E-state index contributed by atoms with van der Waals surface area (Å²) in [4.78, 5) is 14.5. The van der Waals surface area contributed by atoms with Crippen LogP contribution in [0, 0.1) is 5.82 Å². The number of halogens is 2. The molecule has 0 saturated carbocycles. The number of piperidine rings is 1. The van der Waals surface area contributed by atoms with Crippen molar-refractivity contribution in [1.29, 1.82) is 0 Å². The Labute approximate surface area is 179 Å². The molecule has 6 nitrogen and oxygen atoms in total. The average Bonchev–Trinajstić information content (AvgIpc) is 3.23. The average molecular weight is 429 g/mol. The van der Waals surface area contributed by atoms with Gasteiger partial charge in [-0.2, -0.15) is 0 Å². The minimum absolute atomic E-state index is 0.144. The van der Waals surface area contributed by atoms with E-state index in [4.69, 9.17) is 16.3 Å². The maximum Gasteiger partial charge on any atom is 0.276 e. The number of hydrogen-bond acceptors (Lipinski definition) is 4. The molecule has 0 aliphatic carbocycles. The first-order valence-electron chi connectivity index (χ1n) is 9.87. The lowest BCUT2D eigenvalue weighted by Crippen LogP contribution is -2.41. The highest BCUT2D eigenvalue weighted by atomic mass is 35.5. The van der Waals surface area contributed by atoms with Crippen molar-refractivity contribution < 1.29 is 13.9 Å². The van der Waals surface area contributed by atoms with Crippen molar-refractivity contribution in [3.63, 3.8) is 0 Å². The summed E-state index contributed by atoms with van der Waals surface area (Å²) in [6.45, 7) is 2.14. The SMILES string of the molecule is O=C(c1cn(Cc2ccc(F)cc2Cl)nn1)N1CCC(OCc2ccccc2)CC1. The first kappa shape index (κ1) is 20.5. The molecule has 0 atom stereocenters. The van der Waals surface area contributed by atoms with Gasteiger partial charge in [0.2, 0.25) is 0 Å². The molecule has 1 fully saturated rings. The maximum atomic E-state index is 13.2. The first-order chi connectivity index (χ1) is 14.6. The predicted octanol–water partition coefficient (Wildman–Crippen LogP) is 3.94. The Morgan fingerprint density at radius 1 is 1.17 bits per heavy atom. The van der Waals surface area contributed by atoms with E-state index in [9.17, 15) is 9.18 Å². The van der Waals surface area contributed by atoms with E-state index in [0.29, 0.717) is 36.8 Å². The number of nitrogens with zero attached hydrogens (tertiary/aromatic N) is 4. The van der Waals surface area contributed by atoms with Gasteiger partial charge in [-0.25, -0.2) is 9.07 Å². The van der Waals surface area contributed by atoms with Crippen LogP contribution in [-0.2, 0) is 17.9 Å². The smallest absolute Gasteiger partial charge is 0.276 e. The molecular formula is C22H22ClFN4O2. The highest BCUT2D eigenvalue weighted by Crippen LogP contribution is 2.19. The van der Waals surface area contributed by atoms with E-state index >= 15 is 0 Å². The second-order valence-corrected chi connectivity index (χ2v) is 7.73. The van der Waals surface area contributed by atoms with E-state index in [1.807, 2.05) is 30.3 Å². The van der Waals surface area contributed by atoms with Crippen LogP contribution in [0.25, 0.3) is 0 Å². The van der Waals surface area contributed by atoms with Gasteiger partial charge < -0.3 is 9.64 Å². The van der Waals surface area contributed by atoms with Crippen molar-refractivity contribution in [2.24, 2.45) is 0 Å². The normalized spacial score (nSPS) is 14.8. The molecule has 2 aromatic carbocycles. The molecule has 1 amide bonds. The fourth-order valence-corrected chi connectivity index (χ4v) is 3.70. The Morgan fingerprint density at radius 2 is 1.93 bits per heavy atom. The summed E-state index contributed by atoms with van der Waals surface area (Å²) in [7, 11) is 0. The number of rotatable bonds is 6. The van der Waals surface area contributed by atoms with Crippen LogP contribution < -0.4 is 0 Å². The summed E-state index contributed by atoms with van der Waals surface area (Å²) in [5.74, 6) is -0.540. The molecule has 0 bridgehead atoms. The van der Waals surface area contributed by atoms with Gasteiger partial charge in [0.15, 0.2) is 5.69 Å². The van der Waals surface area contributed by atoms with Crippen LogP contribution in [0.1, 0.15) is 34.5 Å². The number of likely N-dealkylation sites (tertiary alicyclic amines) is 1. The van der Waals surface area contributed by atoms with Crippen LogP contribution in [0.15, 0.2) is 54.7 Å². The third kappa shape index (κ3) is 5.04. The van der Waals surface area contributed by atoms with Crippen molar-refractivity contribution in [2.45, 2.75) is 32.1 Å². The lowest BCUT2D eigenvalue weighted by molar-refractivity contribution is -0.000511. The summed E-state index contributed by atoms with van der Waals surface area (Å²) in [6.07, 6.45) is 3.32. The van der Waals surface area contributed by atoms with Gasteiger partial charge in [-0.3, -0.25) is 4.79 Å². The Kier molecular flexibility index (Phi) is 6.40. The van der Waals surface area contributed by atoms with E-state index in [0.717, 1.165) is 18.4 Å². The summed E-state index contributed by atoms with van der Waals surface area (Å²) in [5.41, 5.74) is 2.14. The van der Waals surface area contributed by atoms with Gasteiger partial charge in [0.05, 0.1) is 25.5 Å². The van der Waals surface area contributed by atoms with Crippen molar-refractivity contribution in [3.8, 4) is 0 Å². The largest absolute Gasteiger partial charge is 0.373 e. The molecule has 1 aliphatic heterocycles. The zero-order valence-electron chi connectivity index (χ0n) is 16.4. The molecule has 1 aromatic heterocycles. The third-order valence-electron chi connectivity index (χ3n) is 5.16. The van der Waals surface area contributed by atoms with Crippen LogP contribution >= 0.6 is 11.6 Å². The van der Waals surface area contributed by atoms with Crippen LogP contribution in [0.4, 0.5) is 4.39 Å². The lowest BCUT2D eigenvalue weighted by Gasteiger charge is -2.31. The van der Waals surface area contributed by atoms with Gasteiger partial charge in [0.1, 0.15) is 5.82 Å². The molecule has 0 spiro atoms. The van der Waals surface area contributed by atoms with Crippen LogP contribution in [0.3, 0.4) is 0 Å². The van der Waals surface area contributed by atoms with Crippen LogP contribution in [-0.4, -0.2) is 45.0 Å². The fraction of sp³-hybridized carbons (Fsp3) is 0.318. The van der Waals surface area contributed by atoms with Gasteiger partial charge in [-0.15, -0.1) is 5.10 Å². The summed E-state index contributed by atoms with van der Waals surface area (Å²) >= 11 is 6.06. The second-order valence-electron chi connectivity index (χ2n) is 7.33. The predicted molar refractivity (Wildman–Crippen MR) is 111 cm³/mol. The zero-order valence-corrected chi connectivity index (χ0v) is 17.1. The highest BCUT2D eigenvalue weighted by Gasteiger charge is 2.25. The summed E-state index contributed by atoms with van der Waals surface area (Å²) in [6, 6.07) is 14.3. The molecule has 0 radical (unpaired) electrons. The number of aromatic nitrogens is 3. The quantitative estimate of drug-likeness (QED) is 0.596. The van der Waals surface area contributed by atoms with E-state index in [2.05, 4.69) is 10.3 Å². The zero-order chi connectivity index (χ0) is 20.9. The third-order valence-corrected chi connectivity index (χ3v) is 5.51. The summed E-state index contributed by atoms with van der Waals surface area (Å²) < 4.78 is 20.7. The van der Waals surface area contributed by atoms with Crippen LogP contribution in [0.5, 0.6) is 0 Å². The monoisotopic (exact) mass is 428 g/mol. The van der Waals surface area contributed by atoms with Gasteiger partial charge in [0.25, 0.3) is 5.91 Å². The molecule has 3 aromatic rings. The highest BCUT2D eigenvalue weighted by molar-refractivity contribution is 6.31. The molecule has 0 unspecified atom stereocenters. The molecule has 1 saturated heterocycles. The van der Waals surface area contributed by atoms with Crippen LogP contribution in [0.2, 0.25) is 5.02 Å².